The largest absolute Gasteiger partial charge is 1.00 e. The van der Waals surface area contributed by atoms with Crippen LogP contribution in [0.15, 0.2) is 0 Å². The normalized spacial score (nSPS) is 13.6. The predicted molar refractivity (Wildman–Crippen MR) is 23.8 cm³/mol. The Morgan fingerprint density at radius 1 is 1.60 bits per heavy atom. The Kier molecular flexibility index (Phi) is 5.29. The Bertz CT molecular complexity index is 162. The number of alkyl halides is 3. The smallest absolute Gasteiger partial charge is 1.00 e. The van der Waals surface area contributed by atoms with Crippen molar-refractivity contribution in [2.45, 2.75) is 6.18 Å². The van der Waals surface area contributed by atoms with Crippen LogP contribution in [-0.2, 0) is 11.1 Å². The van der Waals surface area contributed by atoms with E-state index in [0.29, 0.717) is 0 Å². The van der Waals surface area contributed by atoms with Crippen molar-refractivity contribution in [3.05, 3.63) is 0 Å². The third-order valence-electron chi connectivity index (χ3n) is 0.424. The molecule has 0 aromatic rings. The summed E-state index contributed by atoms with van der Waals surface area (Å²) < 4.78 is 52.0. The summed E-state index contributed by atoms with van der Waals surface area (Å²) in [6.45, 7) is 0. The molecule has 0 aromatic heterocycles. The van der Waals surface area contributed by atoms with Gasteiger partial charge in [0.2, 0.25) is 0 Å². The SMILES string of the molecule is N=C(S(=O)[O-])C(F)(F)F.[H-].[Li+]. The van der Waals surface area contributed by atoms with Crippen LogP contribution in [0.2, 0.25) is 0 Å². The molecule has 1 atom stereocenters. The predicted octanol–water partition coefficient (Wildman–Crippen LogP) is -2.48. The summed E-state index contributed by atoms with van der Waals surface area (Å²) in [7, 11) is 0. The molecule has 0 aliphatic carbocycles. The number of nitrogens with one attached hydrogen (secondary N) is 1. The zero-order valence-corrected chi connectivity index (χ0v) is 5.68. The molecule has 1 unspecified atom stereocenters. The minimum absolute atomic E-state index is 0. The number of halogens is 3. The molecule has 0 aliphatic rings. The van der Waals surface area contributed by atoms with Crippen molar-refractivity contribution in [2.24, 2.45) is 0 Å². The molecule has 56 valence electrons. The van der Waals surface area contributed by atoms with Gasteiger partial charge in [0.15, 0.2) is 5.04 Å². The fraction of sp³-hybridized carbons (Fsp3) is 0.500. The third kappa shape index (κ3) is 4.06. The van der Waals surface area contributed by atoms with E-state index in [0.717, 1.165) is 0 Å². The van der Waals surface area contributed by atoms with Crippen LogP contribution in [0.3, 0.4) is 0 Å². The van der Waals surface area contributed by atoms with Crippen molar-refractivity contribution in [1.29, 1.82) is 5.41 Å². The summed E-state index contributed by atoms with van der Waals surface area (Å²) in [6.07, 6.45) is -5.05. The summed E-state index contributed by atoms with van der Waals surface area (Å²) in [5.41, 5.74) is 0. The van der Waals surface area contributed by atoms with Gasteiger partial charge in [0, 0.05) is 11.1 Å². The van der Waals surface area contributed by atoms with E-state index in [2.05, 4.69) is 0 Å². The van der Waals surface area contributed by atoms with Crippen molar-refractivity contribution in [1.82, 2.24) is 0 Å². The molecule has 0 aliphatic heterocycles. The van der Waals surface area contributed by atoms with Gasteiger partial charge in [0.05, 0.1) is 0 Å². The van der Waals surface area contributed by atoms with Crippen LogP contribution < -0.4 is 18.9 Å². The fourth-order valence-corrected chi connectivity index (χ4v) is 0.283. The molecule has 0 saturated heterocycles. The van der Waals surface area contributed by atoms with Crippen LogP contribution in [0.5, 0.6) is 0 Å². The minimum Gasteiger partial charge on any atom is -1.00 e. The van der Waals surface area contributed by atoms with E-state index in [1.165, 1.54) is 0 Å². The molecular formula is C2H2F3LiNO2S-. The number of rotatable bonds is 0. The van der Waals surface area contributed by atoms with Crippen LogP contribution in [0, 0.1) is 5.41 Å². The van der Waals surface area contributed by atoms with Crippen LogP contribution >= 0.6 is 0 Å². The molecule has 3 nitrogen and oxygen atoms in total. The second kappa shape index (κ2) is 4.13. The molecule has 0 fully saturated rings. The van der Waals surface area contributed by atoms with Crippen molar-refractivity contribution >= 4 is 16.1 Å². The summed E-state index contributed by atoms with van der Waals surface area (Å²) >= 11 is -3.47. The Labute approximate surface area is 70.4 Å². The number of hydrogen-bond acceptors (Lipinski definition) is 3. The van der Waals surface area contributed by atoms with E-state index >= 15 is 0 Å². The summed E-state index contributed by atoms with van der Waals surface area (Å²) in [4.78, 5) is 0. The fourth-order valence-electron chi connectivity index (χ4n) is 0.0945. The van der Waals surface area contributed by atoms with E-state index in [4.69, 9.17) is 5.41 Å². The van der Waals surface area contributed by atoms with Gasteiger partial charge in [-0.1, -0.05) is 0 Å². The van der Waals surface area contributed by atoms with Crippen molar-refractivity contribution in [3.63, 3.8) is 0 Å². The molecule has 0 radical (unpaired) electrons. The Morgan fingerprint density at radius 2 is 1.90 bits per heavy atom. The van der Waals surface area contributed by atoms with Gasteiger partial charge in [-0.2, -0.15) is 13.2 Å². The van der Waals surface area contributed by atoms with E-state index < -0.39 is 22.3 Å². The van der Waals surface area contributed by atoms with Gasteiger partial charge < -0.3 is 5.98 Å². The minimum atomic E-state index is -5.05. The maximum atomic E-state index is 11.1. The molecule has 0 spiro atoms. The molecule has 0 bridgehead atoms. The van der Waals surface area contributed by atoms with E-state index in [1.807, 2.05) is 0 Å². The van der Waals surface area contributed by atoms with Crippen LogP contribution in [0.25, 0.3) is 0 Å². The first-order valence-corrected chi connectivity index (χ1v) is 2.68. The average molecular weight is 168 g/mol. The van der Waals surface area contributed by atoms with E-state index in [1.54, 1.807) is 0 Å². The third-order valence-corrected chi connectivity index (χ3v) is 0.989. The van der Waals surface area contributed by atoms with Gasteiger partial charge in [0.1, 0.15) is 0 Å². The topological polar surface area (TPSA) is 64.0 Å². The quantitative estimate of drug-likeness (QED) is 0.188. The summed E-state index contributed by atoms with van der Waals surface area (Å²) in [6, 6.07) is 0. The molecule has 1 N–H and O–H groups in total. The van der Waals surface area contributed by atoms with Gasteiger partial charge >= 0.3 is 25.0 Å². The van der Waals surface area contributed by atoms with Gasteiger partial charge in [-0.05, 0) is 0 Å². The standard InChI is InChI=1S/C2H2F3NO2S.Li.H/c3-2(4,5)1(6)9(7)8;;/h6H,(H,7,8);;/q;+1;-1/p-1. The molecule has 0 amide bonds. The zero-order chi connectivity index (χ0) is 7.65. The first-order valence-electron chi connectivity index (χ1n) is 1.60. The van der Waals surface area contributed by atoms with Crippen molar-refractivity contribution in [2.75, 3.05) is 0 Å². The summed E-state index contributed by atoms with van der Waals surface area (Å²) in [5.74, 6) is 0. The maximum absolute atomic E-state index is 11.1. The van der Waals surface area contributed by atoms with Crippen LogP contribution in [0.1, 0.15) is 1.43 Å². The van der Waals surface area contributed by atoms with Gasteiger partial charge in [-0.3, -0.25) is 9.62 Å². The van der Waals surface area contributed by atoms with Crippen LogP contribution in [0.4, 0.5) is 13.2 Å². The second-order valence-electron chi connectivity index (χ2n) is 1.06. The molecule has 0 aromatic carbocycles. The molecule has 8 heteroatoms. The number of hydrogen-bond donors (Lipinski definition) is 1. The monoisotopic (exact) mass is 168 g/mol. The Balaban J connectivity index is -0.000000320. The molecule has 0 saturated carbocycles. The Morgan fingerprint density at radius 3 is 1.90 bits per heavy atom. The average Bonchev–Trinajstić information content (AvgIpc) is 1.62. The maximum Gasteiger partial charge on any atom is 1.00 e. The van der Waals surface area contributed by atoms with E-state index in [-0.39, 0.29) is 20.3 Å². The van der Waals surface area contributed by atoms with Crippen molar-refractivity contribution in [3.8, 4) is 0 Å². The Hall–Kier alpha value is 0.167. The molecule has 0 heterocycles. The van der Waals surface area contributed by atoms with Gasteiger partial charge in [0.25, 0.3) is 0 Å². The first-order chi connectivity index (χ1) is 3.85. The summed E-state index contributed by atoms with van der Waals surface area (Å²) in [5, 5.41) is 3.61. The van der Waals surface area contributed by atoms with E-state index in [9.17, 15) is 21.9 Å². The van der Waals surface area contributed by atoms with Gasteiger partial charge in [-0.25, -0.2) is 0 Å². The first kappa shape index (κ1) is 12.8. The molecular weight excluding hydrogens is 166 g/mol. The molecule has 0 rings (SSSR count). The molecule has 10 heavy (non-hydrogen) atoms. The van der Waals surface area contributed by atoms with Crippen molar-refractivity contribution < 1.29 is 42.2 Å². The van der Waals surface area contributed by atoms with Crippen LogP contribution in [-0.4, -0.2) is 20.0 Å². The second-order valence-corrected chi connectivity index (χ2v) is 1.94. The van der Waals surface area contributed by atoms with Gasteiger partial charge in [-0.15, -0.1) is 0 Å². The zero-order valence-electron chi connectivity index (χ0n) is 5.86.